The lowest BCUT2D eigenvalue weighted by atomic mass is 9.98. The van der Waals surface area contributed by atoms with E-state index < -0.39 is 6.10 Å². The Morgan fingerprint density at radius 3 is 2.71 bits per heavy atom. The second-order valence-corrected chi connectivity index (χ2v) is 6.77. The largest absolute Gasteiger partial charge is 0.481 e. The first-order chi connectivity index (χ1) is 12.9. The number of halogens is 1. The van der Waals surface area contributed by atoms with Crippen molar-refractivity contribution >= 4 is 30.0 Å². The van der Waals surface area contributed by atoms with Gasteiger partial charge in [0.15, 0.2) is 17.7 Å². The van der Waals surface area contributed by atoms with Crippen molar-refractivity contribution in [1.29, 1.82) is 0 Å². The predicted octanol–water partition coefficient (Wildman–Crippen LogP) is 2.31. The van der Waals surface area contributed by atoms with Gasteiger partial charge in [0.05, 0.1) is 0 Å². The lowest BCUT2D eigenvalue weighted by Gasteiger charge is -2.19. The van der Waals surface area contributed by atoms with Crippen LogP contribution in [0.5, 0.6) is 5.75 Å². The second kappa shape index (κ2) is 9.66. The van der Waals surface area contributed by atoms with Gasteiger partial charge in [0.25, 0.3) is 5.91 Å². The zero-order valence-corrected chi connectivity index (χ0v) is 17.1. The van der Waals surface area contributed by atoms with Crippen LogP contribution in [0, 0.1) is 0 Å². The summed E-state index contributed by atoms with van der Waals surface area (Å²) in [7, 11) is 1.76. The van der Waals surface area contributed by atoms with Crippen LogP contribution in [0.1, 0.15) is 48.8 Å². The summed E-state index contributed by atoms with van der Waals surface area (Å²) in [6, 6.07) is 6.78. The molecule has 1 aromatic heterocycles. The molecule has 1 aliphatic heterocycles. The average Bonchev–Trinajstić information content (AvgIpc) is 3.03. The molecule has 2 aromatic rings. The Kier molecular flexibility index (Phi) is 7.53. The van der Waals surface area contributed by atoms with Gasteiger partial charge in [-0.3, -0.25) is 14.9 Å². The molecule has 0 aliphatic carbocycles. The summed E-state index contributed by atoms with van der Waals surface area (Å²) in [4.78, 5) is 28.4. The van der Waals surface area contributed by atoms with Crippen molar-refractivity contribution < 1.29 is 14.3 Å². The third kappa shape index (κ3) is 5.30. The van der Waals surface area contributed by atoms with E-state index in [1.54, 1.807) is 42.9 Å². The van der Waals surface area contributed by atoms with E-state index in [1.807, 2.05) is 0 Å². The Labute approximate surface area is 170 Å². The van der Waals surface area contributed by atoms with Crippen LogP contribution >= 0.6 is 12.4 Å². The number of nitrogens with zero attached hydrogens (tertiary/aromatic N) is 3. The molecular formula is C19H26ClN5O3. The number of aromatic nitrogens is 3. The maximum absolute atomic E-state index is 12.5. The van der Waals surface area contributed by atoms with Crippen molar-refractivity contribution in [2.24, 2.45) is 7.05 Å². The lowest BCUT2D eigenvalue weighted by Crippen LogP contribution is -2.31. The maximum Gasteiger partial charge on any atom is 0.267 e. The number of carbonyl (C=O) groups is 2. The van der Waals surface area contributed by atoms with Crippen LogP contribution in [-0.4, -0.2) is 45.6 Å². The topological polar surface area (TPSA) is 98.1 Å². The number of amides is 1. The van der Waals surface area contributed by atoms with Gasteiger partial charge in [0.1, 0.15) is 5.75 Å². The van der Waals surface area contributed by atoms with Gasteiger partial charge in [-0.1, -0.05) is 12.1 Å². The SMILES string of the molecule is CC(=O)c1cccc(OC(C)C(=O)Nc2nc(C3CCNCC3)nn2C)c1.Cl. The fourth-order valence-electron chi connectivity index (χ4n) is 3.02. The van der Waals surface area contributed by atoms with Crippen LogP contribution in [0.2, 0.25) is 0 Å². The molecule has 1 unspecified atom stereocenters. The highest BCUT2D eigenvalue weighted by molar-refractivity contribution is 5.94. The number of ketones is 1. The summed E-state index contributed by atoms with van der Waals surface area (Å²) < 4.78 is 7.25. The van der Waals surface area contributed by atoms with Crippen molar-refractivity contribution in [2.75, 3.05) is 18.4 Å². The van der Waals surface area contributed by atoms with Crippen molar-refractivity contribution in [3.05, 3.63) is 35.7 Å². The van der Waals surface area contributed by atoms with Crippen molar-refractivity contribution in [2.45, 2.75) is 38.7 Å². The monoisotopic (exact) mass is 407 g/mol. The normalized spacial score (nSPS) is 15.4. The van der Waals surface area contributed by atoms with Gasteiger partial charge in [-0.05, 0) is 51.9 Å². The molecule has 0 spiro atoms. The van der Waals surface area contributed by atoms with E-state index >= 15 is 0 Å². The Morgan fingerprint density at radius 2 is 2.04 bits per heavy atom. The third-order valence-corrected chi connectivity index (χ3v) is 4.64. The predicted molar refractivity (Wildman–Crippen MR) is 108 cm³/mol. The number of rotatable bonds is 6. The minimum atomic E-state index is -0.744. The zero-order chi connectivity index (χ0) is 19.4. The van der Waals surface area contributed by atoms with E-state index in [4.69, 9.17) is 4.74 Å². The number of ether oxygens (including phenoxy) is 1. The smallest absolute Gasteiger partial charge is 0.267 e. The number of carbonyl (C=O) groups excluding carboxylic acids is 2. The number of nitrogens with one attached hydrogen (secondary N) is 2. The maximum atomic E-state index is 12.5. The third-order valence-electron chi connectivity index (χ3n) is 4.64. The summed E-state index contributed by atoms with van der Waals surface area (Å²) in [5.41, 5.74) is 0.542. The first-order valence-electron chi connectivity index (χ1n) is 9.14. The Hall–Kier alpha value is -2.45. The lowest BCUT2D eigenvalue weighted by molar-refractivity contribution is -0.122. The van der Waals surface area contributed by atoms with Crippen LogP contribution in [0.4, 0.5) is 5.95 Å². The fourth-order valence-corrected chi connectivity index (χ4v) is 3.02. The molecule has 2 heterocycles. The highest BCUT2D eigenvalue weighted by atomic mass is 35.5. The molecule has 0 radical (unpaired) electrons. The molecule has 1 aliphatic rings. The first kappa shape index (κ1) is 21.8. The summed E-state index contributed by atoms with van der Waals surface area (Å²) in [6.45, 7) is 5.05. The molecule has 0 bridgehead atoms. The molecule has 2 N–H and O–H groups in total. The van der Waals surface area contributed by atoms with Crippen LogP contribution in [0.15, 0.2) is 24.3 Å². The van der Waals surface area contributed by atoms with E-state index in [9.17, 15) is 9.59 Å². The molecule has 3 rings (SSSR count). The van der Waals surface area contributed by atoms with E-state index in [0.29, 0.717) is 23.2 Å². The second-order valence-electron chi connectivity index (χ2n) is 6.77. The van der Waals surface area contributed by atoms with Gasteiger partial charge in [-0.25, -0.2) is 4.68 Å². The summed E-state index contributed by atoms with van der Waals surface area (Å²) in [6.07, 6.45) is 1.23. The highest BCUT2D eigenvalue weighted by Gasteiger charge is 2.23. The zero-order valence-electron chi connectivity index (χ0n) is 16.3. The molecule has 9 heteroatoms. The van der Waals surface area contributed by atoms with E-state index in [2.05, 4.69) is 20.7 Å². The molecular weight excluding hydrogens is 382 g/mol. The number of hydrogen-bond acceptors (Lipinski definition) is 6. The number of piperidine rings is 1. The molecule has 1 aromatic carbocycles. The van der Waals surface area contributed by atoms with E-state index in [0.717, 1.165) is 31.8 Å². The Balaban J connectivity index is 0.00000280. The standard InChI is InChI=1S/C19H25N5O3.ClH/c1-12(25)15-5-4-6-16(11-15)27-13(2)18(26)22-19-21-17(23-24(19)3)14-7-9-20-10-8-14;/h4-6,11,13-14,20H,7-10H2,1-3H3,(H,21,22,23,26);1H. The Morgan fingerprint density at radius 1 is 1.32 bits per heavy atom. The minimum absolute atomic E-state index is 0. The fraction of sp³-hybridized carbons (Fsp3) is 0.474. The first-order valence-corrected chi connectivity index (χ1v) is 9.14. The summed E-state index contributed by atoms with van der Waals surface area (Å²) in [5, 5.41) is 10.5. The molecule has 1 saturated heterocycles. The number of Topliss-reactive ketones (excluding diaryl/α,β-unsaturated/α-hetero) is 1. The summed E-state index contributed by atoms with van der Waals surface area (Å²) >= 11 is 0. The van der Waals surface area contributed by atoms with Gasteiger partial charge in [0, 0.05) is 18.5 Å². The van der Waals surface area contributed by atoms with Gasteiger partial charge >= 0.3 is 0 Å². The summed E-state index contributed by atoms with van der Waals surface area (Å²) in [5.74, 6) is 1.57. The van der Waals surface area contributed by atoms with Crippen molar-refractivity contribution in [3.63, 3.8) is 0 Å². The molecule has 0 saturated carbocycles. The van der Waals surface area contributed by atoms with Crippen molar-refractivity contribution in [3.8, 4) is 5.75 Å². The van der Waals surface area contributed by atoms with Gasteiger partial charge < -0.3 is 10.1 Å². The number of hydrogen-bond donors (Lipinski definition) is 2. The van der Waals surface area contributed by atoms with Crippen LogP contribution < -0.4 is 15.4 Å². The molecule has 1 amide bonds. The number of aryl methyl sites for hydroxylation is 1. The highest BCUT2D eigenvalue weighted by Crippen LogP contribution is 2.23. The average molecular weight is 408 g/mol. The van der Waals surface area contributed by atoms with Gasteiger partial charge in [-0.15, -0.1) is 12.4 Å². The van der Waals surface area contributed by atoms with Crippen LogP contribution in [0.25, 0.3) is 0 Å². The molecule has 1 fully saturated rings. The van der Waals surface area contributed by atoms with Gasteiger partial charge in [0.2, 0.25) is 5.95 Å². The van der Waals surface area contributed by atoms with Crippen molar-refractivity contribution in [1.82, 2.24) is 20.1 Å². The van der Waals surface area contributed by atoms with E-state index in [-0.39, 0.29) is 24.1 Å². The number of benzene rings is 1. The van der Waals surface area contributed by atoms with Crippen LogP contribution in [0.3, 0.4) is 0 Å². The van der Waals surface area contributed by atoms with E-state index in [1.165, 1.54) is 6.92 Å². The Bertz CT molecular complexity index is 833. The quantitative estimate of drug-likeness (QED) is 0.713. The van der Waals surface area contributed by atoms with Crippen LogP contribution in [-0.2, 0) is 11.8 Å². The molecule has 1 atom stereocenters. The van der Waals surface area contributed by atoms with Gasteiger partial charge in [-0.2, -0.15) is 10.1 Å². The molecule has 28 heavy (non-hydrogen) atoms. The molecule has 8 nitrogen and oxygen atoms in total. The molecule has 152 valence electrons. The number of anilines is 1. The minimum Gasteiger partial charge on any atom is -0.481 e.